The number of carbonyl (C=O) groups excluding carboxylic acids is 2. The number of rotatable bonds is 4. The maximum absolute atomic E-state index is 12.3. The van der Waals surface area contributed by atoms with E-state index >= 15 is 0 Å². The van der Waals surface area contributed by atoms with Crippen molar-refractivity contribution in [1.82, 2.24) is 10.2 Å². The van der Waals surface area contributed by atoms with Crippen LogP contribution in [-0.4, -0.2) is 53.8 Å². The van der Waals surface area contributed by atoms with E-state index in [9.17, 15) is 9.59 Å². The van der Waals surface area contributed by atoms with Gasteiger partial charge in [0.1, 0.15) is 17.2 Å². The van der Waals surface area contributed by atoms with Gasteiger partial charge in [-0.1, -0.05) is 6.42 Å². The summed E-state index contributed by atoms with van der Waals surface area (Å²) in [6.45, 7) is 13.0. The van der Waals surface area contributed by atoms with Gasteiger partial charge in [0.25, 0.3) is 0 Å². The number of likely N-dealkylation sites (tertiary alicyclic amines) is 1. The van der Waals surface area contributed by atoms with Gasteiger partial charge in [-0.15, -0.1) is 0 Å². The van der Waals surface area contributed by atoms with Crippen molar-refractivity contribution in [3.05, 3.63) is 0 Å². The lowest BCUT2D eigenvalue weighted by molar-refractivity contribution is -0.162. The molecule has 0 saturated carbocycles. The Hall–Kier alpha value is -1.30. The number of carbonyl (C=O) groups is 2. The average Bonchev–Trinajstić information content (AvgIpc) is 2.35. The van der Waals surface area contributed by atoms with Crippen LogP contribution in [0.1, 0.15) is 60.8 Å². The number of nitrogens with zero attached hydrogens (tertiary/aromatic N) is 1. The molecule has 1 atom stereocenters. The number of ether oxygens (including phenoxy) is 2. The molecule has 1 fully saturated rings. The molecule has 1 aliphatic rings. The first-order valence-corrected chi connectivity index (χ1v) is 8.42. The summed E-state index contributed by atoms with van der Waals surface area (Å²) in [5.41, 5.74) is -0.983. The first-order chi connectivity index (χ1) is 10.5. The number of hydrogen-bond acceptors (Lipinski definition) is 5. The summed E-state index contributed by atoms with van der Waals surface area (Å²) in [4.78, 5) is 26.1. The highest BCUT2D eigenvalue weighted by Crippen LogP contribution is 2.20. The SMILES string of the molecule is CC(C)(C)OC(=O)NCCN1CCCCC1C(=O)OC(C)(C)C. The van der Waals surface area contributed by atoms with Crippen molar-refractivity contribution >= 4 is 12.1 Å². The third-order valence-electron chi connectivity index (χ3n) is 3.36. The first-order valence-electron chi connectivity index (χ1n) is 8.42. The summed E-state index contributed by atoms with van der Waals surface area (Å²) in [6, 6.07) is -0.219. The minimum Gasteiger partial charge on any atom is -0.459 e. The largest absolute Gasteiger partial charge is 0.459 e. The van der Waals surface area contributed by atoms with Gasteiger partial charge in [-0.2, -0.15) is 0 Å². The number of piperidine rings is 1. The Bertz CT molecular complexity index is 410. The summed E-state index contributed by atoms with van der Waals surface area (Å²) in [5.74, 6) is -0.172. The van der Waals surface area contributed by atoms with Gasteiger partial charge in [-0.05, 0) is 60.9 Å². The van der Waals surface area contributed by atoms with E-state index in [2.05, 4.69) is 10.2 Å². The summed E-state index contributed by atoms with van der Waals surface area (Å²) >= 11 is 0. The molecule has 0 aromatic heterocycles. The van der Waals surface area contributed by atoms with Gasteiger partial charge >= 0.3 is 12.1 Å². The molecule has 1 amide bonds. The van der Waals surface area contributed by atoms with Gasteiger partial charge in [-0.3, -0.25) is 9.69 Å². The molecule has 1 aliphatic heterocycles. The quantitative estimate of drug-likeness (QED) is 0.804. The van der Waals surface area contributed by atoms with Crippen LogP contribution in [0.25, 0.3) is 0 Å². The smallest absolute Gasteiger partial charge is 0.407 e. The summed E-state index contributed by atoms with van der Waals surface area (Å²) in [6.07, 6.45) is 2.47. The van der Waals surface area contributed by atoms with E-state index in [1.807, 2.05) is 41.5 Å². The lowest BCUT2D eigenvalue weighted by Gasteiger charge is -2.35. The fraction of sp³-hybridized carbons (Fsp3) is 0.882. The van der Waals surface area contributed by atoms with Crippen LogP contribution in [0.3, 0.4) is 0 Å². The molecule has 6 nitrogen and oxygen atoms in total. The van der Waals surface area contributed by atoms with E-state index in [-0.39, 0.29) is 12.0 Å². The monoisotopic (exact) mass is 328 g/mol. The molecule has 1 saturated heterocycles. The van der Waals surface area contributed by atoms with Crippen LogP contribution in [0.15, 0.2) is 0 Å². The molecule has 134 valence electrons. The van der Waals surface area contributed by atoms with Gasteiger partial charge in [0.15, 0.2) is 0 Å². The van der Waals surface area contributed by atoms with Crippen LogP contribution >= 0.6 is 0 Å². The van der Waals surface area contributed by atoms with Crippen molar-refractivity contribution in [2.45, 2.75) is 78.0 Å². The van der Waals surface area contributed by atoms with Crippen molar-refractivity contribution < 1.29 is 19.1 Å². The fourth-order valence-corrected chi connectivity index (χ4v) is 2.51. The molecule has 0 bridgehead atoms. The molecule has 0 aromatic rings. The van der Waals surface area contributed by atoms with Crippen LogP contribution < -0.4 is 5.32 Å². The van der Waals surface area contributed by atoms with Crippen molar-refractivity contribution in [3.63, 3.8) is 0 Å². The third-order valence-corrected chi connectivity index (χ3v) is 3.36. The second-order valence-electron chi connectivity index (χ2n) is 8.01. The maximum Gasteiger partial charge on any atom is 0.407 e. The predicted molar refractivity (Wildman–Crippen MR) is 89.3 cm³/mol. The fourth-order valence-electron chi connectivity index (χ4n) is 2.51. The third kappa shape index (κ3) is 8.21. The summed E-state index contributed by atoms with van der Waals surface area (Å²) in [7, 11) is 0. The molecule has 6 heteroatoms. The molecule has 0 radical (unpaired) electrons. The van der Waals surface area contributed by atoms with Crippen LogP contribution in [-0.2, 0) is 14.3 Å². The summed E-state index contributed by atoms with van der Waals surface area (Å²) < 4.78 is 10.7. The van der Waals surface area contributed by atoms with Gasteiger partial charge in [0.2, 0.25) is 0 Å². The highest BCUT2D eigenvalue weighted by atomic mass is 16.6. The van der Waals surface area contributed by atoms with Gasteiger partial charge in [0.05, 0.1) is 0 Å². The van der Waals surface area contributed by atoms with E-state index in [4.69, 9.17) is 9.47 Å². The Morgan fingerprint density at radius 1 is 1.04 bits per heavy atom. The molecule has 1 unspecified atom stereocenters. The predicted octanol–water partition coefficient (Wildman–Crippen LogP) is 2.71. The highest BCUT2D eigenvalue weighted by molar-refractivity contribution is 5.76. The molecule has 0 aromatic carbocycles. The number of esters is 1. The summed E-state index contributed by atoms with van der Waals surface area (Å²) in [5, 5.41) is 2.74. The number of hydrogen-bond donors (Lipinski definition) is 1. The van der Waals surface area contributed by atoms with Crippen molar-refractivity contribution in [1.29, 1.82) is 0 Å². The Balaban J connectivity index is 2.46. The zero-order valence-electron chi connectivity index (χ0n) is 15.4. The highest BCUT2D eigenvalue weighted by Gasteiger charge is 2.32. The van der Waals surface area contributed by atoms with E-state index in [0.29, 0.717) is 13.1 Å². The minimum atomic E-state index is -0.506. The maximum atomic E-state index is 12.3. The van der Waals surface area contributed by atoms with Crippen LogP contribution in [0.4, 0.5) is 4.79 Å². The van der Waals surface area contributed by atoms with Crippen LogP contribution in [0, 0.1) is 0 Å². The zero-order valence-corrected chi connectivity index (χ0v) is 15.4. The molecule has 1 rings (SSSR count). The molecule has 1 heterocycles. The van der Waals surface area contributed by atoms with Gasteiger partial charge < -0.3 is 14.8 Å². The van der Waals surface area contributed by atoms with E-state index in [1.54, 1.807) is 0 Å². The number of alkyl carbamates (subject to hydrolysis) is 1. The number of amides is 1. The van der Waals surface area contributed by atoms with Crippen molar-refractivity contribution in [2.24, 2.45) is 0 Å². The van der Waals surface area contributed by atoms with Gasteiger partial charge in [-0.25, -0.2) is 4.79 Å². The Kier molecular flexibility index (Phi) is 6.86. The zero-order chi connectivity index (χ0) is 17.7. The second kappa shape index (κ2) is 7.99. The molecule has 0 aliphatic carbocycles. The van der Waals surface area contributed by atoms with Crippen LogP contribution in [0.5, 0.6) is 0 Å². The molecular formula is C17H32N2O4. The lowest BCUT2D eigenvalue weighted by atomic mass is 10.0. The first kappa shape index (κ1) is 19.7. The lowest BCUT2D eigenvalue weighted by Crippen LogP contribution is -2.49. The van der Waals surface area contributed by atoms with Crippen LogP contribution in [0.2, 0.25) is 0 Å². The van der Waals surface area contributed by atoms with Crippen molar-refractivity contribution in [2.75, 3.05) is 19.6 Å². The van der Waals surface area contributed by atoms with E-state index in [1.165, 1.54) is 0 Å². The Morgan fingerprint density at radius 2 is 1.65 bits per heavy atom. The standard InChI is InChI=1S/C17H32N2O4/c1-16(2,3)22-14(20)13-9-7-8-11-19(13)12-10-18-15(21)23-17(4,5)6/h13H,7-12H2,1-6H3,(H,18,21). The topological polar surface area (TPSA) is 67.9 Å². The van der Waals surface area contributed by atoms with Gasteiger partial charge in [0, 0.05) is 13.1 Å². The Labute approximate surface area is 139 Å². The van der Waals surface area contributed by atoms with E-state index < -0.39 is 17.3 Å². The molecule has 1 N–H and O–H groups in total. The van der Waals surface area contributed by atoms with E-state index in [0.717, 1.165) is 25.8 Å². The Morgan fingerprint density at radius 3 is 2.22 bits per heavy atom. The number of nitrogens with one attached hydrogen (secondary N) is 1. The van der Waals surface area contributed by atoms with Crippen molar-refractivity contribution in [3.8, 4) is 0 Å². The molecule has 23 heavy (non-hydrogen) atoms. The average molecular weight is 328 g/mol. The molecular weight excluding hydrogens is 296 g/mol. The second-order valence-corrected chi connectivity index (χ2v) is 8.01. The normalized spacial score (nSPS) is 20.0. The molecule has 0 spiro atoms. The minimum absolute atomic E-state index is 0.172.